The van der Waals surface area contributed by atoms with Crippen LogP contribution in [0.15, 0.2) is 42.5 Å². The number of benzene rings is 2. The molecule has 0 saturated heterocycles. The molecule has 0 N–H and O–H groups in total. The molecular weight excluding hydrogens is 348 g/mol. The smallest absolute Gasteiger partial charge is 0.375 e. The Morgan fingerprint density at radius 2 is 1.59 bits per heavy atom. The first kappa shape index (κ1) is 16.6. The molecule has 0 aromatic heterocycles. The first-order chi connectivity index (χ1) is 10.1. The van der Waals surface area contributed by atoms with E-state index >= 15 is 0 Å². The van der Waals surface area contributed by atoms with Gasteiger partial charge in [-0.05, 0) is 29.8 Å². The molecule has 3 nitrogen and oxygen atoms in total. The summed E-state index contributed by atoms with van der Waals surface area (Å²) in [6.45, 7) is 0. The fraction of sp³-hybridized carbons (Fsp3) is 0.0769. The van der Waals surface area contributed by atoms with Crippen LogP contribution in [0.2, 0.25) is 5.02 Å². The van der Waals surface area contributed by atoms with Gasteiger partial charge in [-0.2, -0.15) is 21.6 Å². The molecule has 2 rings (SSSR count). The number of alkyl halides is 3. The molecular formula is C13H7ClF4O3S. The van der Waals surface area contributed by atoms with Gasteiger partial charge < -0.3 is 4.18 Å². The molecule has 0 aliphatic heterocycles. The topological polar surface area (TPSA) is 43.4 Å². The van der Waals surface area contributed by atoms with Gasteiger partial charge in [0, 0.05) is 16.7 Å². The van der Waals surface area contributed by atoms with Crippen LogP contribution in [0.4, 0.5) is 17.6 Å². The quantitative estimate of drug-likeness (QED) is 0.467. The summed E-state index contributed by atoms with van der Waals surface area (Å²) in [6.07, 6.45) is 0. The maximum atomic E-state index is 13.2. The second-order valence-electron chi connectivity index (χ2n) is 4.13. The van der Waals surface area contributed by atoms with Crippen LogP contribution in [0.3, 0.4) is 0 Å². The molecule has 0 spiro atoms. The average molecular weight is 355 g/mol. The minimum atomic E-state index is -5.90. The predicted molar refractivity (Wildman–Crippen MR) is 72.4 cm³/mol. The number of halogens is 5. The van der Waals surface area contributed by atoms with Crippen LogP contribution < -0.4 is 4.18 Å². The van der Waals surface area contributed by atoms with Gasteiger partial charge in [-0.3, -0.25) is 0 Å². The van der Waals surface area contributed by atoms with Gasteiger partial charge in [-0.1, -0.05) is 23.7 Å². The van der Waals surface area contributed by atoms with Crippen LogP contribution in [-0.4, -0.2) is 13.9 Å². The van der Waals surface area contributed by atoms with Crippen molar-refractivity contribution in [2.75, 3.05) is 0 Å². The summed E-state index contributed by atoms with van der Waals surface area (Å²) < 4.78 is 76.6. The fourth-order valence-corrected chi connectivity index (χ4v) is 2.19. The van der Waals surface area contributed by atoms with Crippen molar-refractivity contribution in [3.05, 3.63) is 53.3 Å². The van der Waals surface area contributed by atoms with E-state index in [4.69, 9.17) is 11.6 Å². The Morgan fingerprint density at radius 3 is 2.14 bits per heavy atom. The van der Waals surface area contributed by atoms with Crippen LogP contribution in [0.25, 0.3) is 11.1 Å². The number of hydrogen-bond acceptors (Lipinski definition) is 3. The van der Waals surface area contributed by atoms with Gasteiger partial charge >= 0.3 is 15.6 Å². The van der Waals surface area contributed by atoms with Gasteiger partial charge in [-0.25, -0.2) is 4.39 Å². The fourth-order valence-electron chi connectivity index (χ4n) is 1.60. The molecule has 9 heteroatoms. The van der Waals surface area contributed by atoms with Crippen molar-refractivity contribution in [3.8, 4) is 16.9 Å². The lowest BCUT2D eigenvalue weighted by molar-refractivity contribution is -0.0499. The first-order valence-corrected chi connectivity index (χ1v) is 7.45. The van der Waals surface area contributed by atoms with Crippen LogP contribution in [0.5, 0.6) is 5.75 Å². The van der Waals surface area contributed by atoms with Crippen molar-refractivity contribution >= 4 is 21.7 Å². The summed E-state index contributed by atoms with van der Waals surface area (Å²) in [7, 11) is -5.90. The third-order valence-electron chi connectivity index (χ3n) is 2.58. The molecule has 0 aliphatic rings. The second kappa shape index (κ2) is 5.77. The van der Waals surface area contributed by atoms with Crippen molar-refractivity contribution < 1.29 is 30.2 Å². The second-order valence-corrected chi connectivity index (χ2v) is 6.10. The minimum Gasteiger partial charge on any atom is -0.375 e. The van der Waals surface area contributed by atoms with Gasteiger partial charge in [0.05, 0.1) is 0 Å². The Labute approximate surface area is 128 Å². The summed E-state index contributed by atoms with van der Waals surface area (Å²) in [6, 6.07) is 8.40. The third kappa shape index (κ3) is 3.50. The molecule has 0 saturated carbocycles. The highest BCUT2D eigenvalue weighted by Crippen LogP contribution is 2.35. The summed E-state index contributed by atoms with van der Waals surface area (Å²) >= 11 is 5.69. The lowest BCUT2D eigenvalue weighted by Gasteiger charge is -2.13. The maximum absolute atomic E-state index is 13.2. The molecule has 0 unspecified atom stereocenters. The monoisotopic (exact) mass is 354 g/mol. The van der Waals surface area contributed by atoms with Gasteiger partial charge in [0.1, 0.15) is 5.82 Å². The summed E-state index contributed by atoms with van der Waals surface area (Å²) in [5.74, 6) is -1.70. The van der Waals surface area contributed by atoms with Gasteiger partial charge in [0.2, 0.25) is 0 Å². The van der Waals surface area contributed by atoms with Gasteiger partial charge in [-0.15, -0.1) is 0 Å². The molecule has 0 bridgehead atoms. The van der Waals surface area contributed by atoms with E-state index in [0.717, 1.165) is 12.1 Å². The van der Waals surface area contributed by atoms with Crippen LogP contribution in [0.1, 0.15) is 0 Å². The SMILES string of the molecule is O=S(=O)(Oc1cc(F)ccc1-c1ccc(Cl)cc1)C(F)(F)F. The highest BCUT2D eigenvalue weighted by Gasteiger charge is 2.48. The Morgan fingerprint density at radius 1 is 1.00 bits per heavy atom. The van der Waals surface area contributed by atoms with Gasteiger partial charge in [0.15, 0.2) is 5.75 Å². The Bertz CT molecular complexity index is 786. The lowest BCUT2D eigenvalue weighted by atomic mass is 10.0. The van der Waals surface area contributed by atoms with E-state index in [1.807, 2.05) is 0 Å². The zero-order valence-electron chi connectivity index (χ0n) is 10.6. The van der Waals surface area contributed by atoms with Crippen molar-refractivity contribution in [3.63, 3.8) is 0 Å². The van der Waals surface area contributed by atoms with Crippen LogP contribution in [0, 0.1) is 5.82 Å². The molecule has 0 heterocycles. The molecule has 0 atom stereocenters. The van der Waals surface area contributed by atoms with E-state index in [1.54, 1.807) is 0 Å². The number of hydrogen-bond donors (Lipinski definition) is 0. The van der Waals surface area contributed by atoms with E-state index in [-0.39, 0.29) is 5.56 Å². The van der Waals surface area contributed by atoms with E-state index in [0.29, 0.717) is 16.7 Å². The molecule has 118 valence electrons. The third-order valence-corrected chi connectivity index (χ3v) is 3.80. The summed E-state index contributed by atoms with van der Waals surface area (Å²) in [4.78, 5) is 0. The number of rotatable bonds is 3. The lowest BCUT2D eigenvalue weighted by Crippen LogP contribution is -2.28. The average Bonchev–Trinajstić information content (AvgIpc) is 2.38. The zero-order chi connectivity index (χ0) is 16.5. The van der Waals surface area contributed by atoms with Crippen molar-refractivity contribution in [2.45, 2.75) is 5.51 Å². The minimum absolute atomic E-state index is 0.0223. The van der Waals surface area contributed by atoms with Crippen molar-refractivity contribution in [2.24, 2.45) is 0 Å². The van der Waals surface area contributed by atoms with E-state index < -0.39 is 27.2 Å². The normalized spacial score (nSPS) is 12.2. The summed E-state index contributed by atoms with van der Waals surface area (Å²) in [5.41, 5.74) is -5.32. The molecule has 0 amide bonds. The Balaban J connectivity index is 2.52. The zero-order valence-corrected chi connectivity index (χ0v) is 12.1. The predicted octanol–water partition coefficient (Wildman–Crippen LogP) is 4.37. The van der Waals surface area contributed by atoms with Crippen LogP contribution >= 0.6 is 11.6 Å². The molecule has 0 fully saturated rings. The van der Waals surface area contributed by atoms with Crippen molar-refractivity contribution in [1.82, 2.24) is 0 Å². The highest BCUT2D eigenvalue weighted by molar-refractivity contribution is 7.88. The maximum Gasteiger partial charge on any atom is 0.534 e. The molecule has 22 heavy (non-hydrogen) atoms. The first-order valence-electron chi connectivity index (χ1n) is 5.66. The highest BCUT2D eigenvalue weighted by atomic mass is 35.5. The Hall–Kier alpha value is -1.80. The molecule has 0 aliphatic carbocycles. The molecule has 2 aromatic rings. The molecule has 2 aromatic carbocycles. The standard InChI is InChI=1S/C13H7ClF4O3S/c14-9-3-1-8(2-4-9)11-6-5-10(15)7-12(11)21-22(19,20)13(16,17)18/h1-7H. The largest absolute Gasteiger partial charge is 0.534 e. The van der Waals surface area contributed by atoms with Gasteiger partial charge in [0.25, 0.3) is 0 Å². The Kier molecular flexibility index (Phi) is 4.35. The van der Waals surface area contributed by atoms with E-state index in [9.17, 15) is 26.0 Å². The van der Waals surface area contributed by atoms with Crippen molar-refractivity contribution in [1.29, 1.82) is 0 Å². The summed E-state index contributed by atoms with van der Waals surface area (Å²) in [5, 5.41) is 0.372. The molecule has 0 radical (unpaired) electrons. The van der Waals surface area contributed by atoms with E-state index in [2.05, 4.69) is 4.18 Å². The van der Waals surface area contributed by atoms with E-state index in [1.165, 1.54) is 24.3 Å². The van der Waals surface area contributed by atoms with Crippen LogP contribution in [-0.2, 0) is 10.1 Å².